The van der Waals surface area contributed by atoms with Gasteiger partial charge in [0.2, 0.25) is 0 Å². The zero-order valence-corrected chi connectivity index (χ0v) is 17.8. The molecule has 2 heterocycles. The van der Waals surface area contributed by atoms with E-state index < -0.39 is 5.25 Å². The summed E-state index contributed by atoms with van der Waals surface area (Å²) in [5.41, 5.74) is 1.24. The van der Waals surface area contributed by atoms with E-state index in [1.807, 2.05) is 0 Å². The standard InChI is InChI=1S/C19H22N2O5S2/c1-5-26-18(23)11(2)28-19-20-13-8-9-27-16(13)17(22)21(19)12-6-7-14(24-3)15(10-12)25-4/h6-7,10-11H,5,8-9H2,1-4H3. The van der Waals surface area contributed by atoms with Crippen LogP contribution in [-0.2, 0) is 16.0 Å². The first-order valence-electron chi connectivity index (χ1n) is 8.84. The molecule has 1 atom stereocenters. The van der Waals surface area contributed by atoms with Gasteiger partial charge < -0.3 is 14.2 Å². The number of ether oxygens (including phenoxy) is 3. The van der Waals surface area contributed by atoms with Crippen molar-refractivity contribution in [2.24, 2.45) is 0 Å². The smallest absolute Gasteiger partial charge is 0.319 e. The first-order chi connectivity index (χ1) is 13.5. The summed E-state index contributed by atoms with van der Waals surface area (Å²) in [6.07, 6.45) is 0.739. The second kappa shape index (κ2) is 8.91. The molecule has 0 radical (unpaired) electrons. The maximum Gasteiger partial charge on any atom is 0.319 e. The molecule has 0 aliphatic carbocycles. The molecule has 0 fully saturated rings. The minimum atomic E-state index is -0.495. The Balaban J connectivity index is 2.11. The number of nitrogens with zero attached hydrogens (tertiary/aromatic N) is 2. The van der Waals surface area contributed by atoms with Gasteiger partial charge in [-0.15, -0.1) is 11.8 Å². The van der Waals surface area contributed by atoms with Gasteiger partial charge in [0, 0.05) is 18.2 Å². The fourth-order valence-electron chi connectivity index (χ4n) is 2.83. The van der Waals surface area contributed by atoms with Gasteiger partial charge in [-0.3, -0.25) is 14.2 Å². The Morgan fingerprint density at radius 2 is 2.07 bits per heavy atom. The van der Waals surface area contributed by atoms with Gasteiger partial charge in [-0.1, -0.05) is 11.8 Å². The summed E-state index contributed by atoms with van der Waals surface area (Å²) in [7, 11) is 3.10. The first-order valence-corrected chi connectivity index (χ1v) is 10.7. The Hall–Kier alpha value is -2.13. The third-order valence-corrected chi connectivity index (χ3v) is 6.33. The second-order valence-electron chi connectivity index (χ2n) is 5.96. The van der Waals surface area contributed by atoms with E-state index >= 15 is 0 Å². The highest BCUT2D eigenvalue weighted by Crippen LogP contribution is 2.34. The molecule has 2 aromatic rings. The molecule has 1 aliphatic heterocycles. The molecular formula is C19H22N2O5S2. The number of methoxy groups -OCH3 is 2. The summed E-state index contributed by atoms with van der Waals surface area (Å²) in [6, 6.07) is 5.24. The molecular weight excluding hydrogens is 400 g/mol. The second-order valence-corrected chi connectivity index (χ2v) is 8.37. The Kier molecular flexibility index (Phi) is 6.56. The average Bonchev–Trinajstić information content (AvgIpc) is 3.16. The van der Waals surface area contributed by atoms with Gasteiger partial charge in [-0.2, -0.15) is 0 Å². The zero-order valence-electron chi connectivity index (χ0n) is 16.2. The molecule has 7 nitrogen and oxygen atoms in total. The van der Waals surface area contributed by atoms with Crippen molar-refractivity contribution >= 4 is 29.5 Å². The number of hydrogen-bond acceptors (Lipinski definition) is 8. The molecule has 3 rings (SSSR count). The van der Waals surface area contributed by atoms with Gasteiger partial charge in [-0.25, -0.2) is 4.98 Å². The minimum absolute atomic E-state index is 0.140. The summed E-state index contributed by atoms with van der Waals surface area (Å²) in [5, 5.41) is -0.0376. The number of aryl methyl sites for hydroxylation is 1. The van der Waals surface area contributed by atoms with Crippen molar-refractivity contribution < 1.29 is 19.0 Å². The van der Waals surface area contributed by atoms with Crippen molar-refractivity contribution in [1.82, 2.24) is 9.55 Å². The Morgan fingerprint density at radius 3 is 2.75 bits per heavy atom. The van der Waals surface area contributed by atoms with Crippen LogP contribution in [0.5, 0.6) is 11.5 Å². The summed E-state index contributed by atoms with van der Waals surface area (Å²) in [4.78, 5) is 30.7. The van der Waals surface area contributed by atoms with Crippen LogP contribution in [0, 0.1) is 0 Å². The molecule has 1 aromatic carbocycles. The average molecular weight is 423 g/mol. The molecule has 9 heteroatoms. The monoisotopic (exact) mass is 422 g/mol. The van der Waals surface area contributed by atoms with E-state index in [2.05, 4.69) is 0 Å². The lowest BCUT2D eigenvalue weighted by Crippen LogP contribution is -2.26. The molecule has 150 valence electrons. The summed E-state index contributed by atoms with van der Waals surface area (Å²) < 4.78 is 17.3. The first kappa shape index (κ1) is 20.6. The predicted molar refractivity (Wildman–Crippen MR) is 109 cm³/mol. The van der Waals surface area contributed by atoms with Crippen molar-refractivity contribution in [3.05, 3.63) is 34.2 Å². The van der Waals surface area contributed by atoms with Gasteiger partial charge in [-0.05, 0) is 26.0 Å². The van der Waals surface area contributed by atoms with Crippen LogP contribution in [0.15, 0.2) is 33.0 Å². The number of esters is 1. The molecule has 0 saturated heterocycles. The van der Waals surface area contributed by atoms with E-state index in [-0.39, 0.29) is 11.5 Å². The number of fused-ring (bicyclic) bond motifs is 1. The SMILES string of the molecule is CCOC(=O)C(C)Sc1nc2c(c(=O)n1-c1ccc(OC)c(OC)c1)SCC2. The van der Waals surface area contributed by atoms with Crippen molar-refractivity contribution in [3.63, 3.8) is 0 Å². The maximum absolute atomic E-state index is 13.2. The summed E-state index contributed by atoms with van der Waals surface area (Å²) in [6.45, 7) is 3.82. The van der Waals surface area contributed by atoms with Gasteiger partial charge >= 0.3 is 5.97 Å². The molecule has 0 saturated carbocycles. The van der Waals surface area contributed by atoms with E-state index in [1.165, 1.54) is 28.1 Å². The Labute approximate surface area is 171 Å². The van der Waals surface area contributed by atoms with Crippen LogP contribution in [0.2, 0.25) is 0 Å². The number of rotatable bonds is 7. The van der Waals surface area contributed by atoms with E-state index in [9.17, 15) is 9.59 Å². The molecule has 0 amide bonds. The van der Waals surface area contributed by atoms with Crippen LogP contribution in [-0.4, -0.2) is 47.3 Å². The number of carbonyl (C=O) groups is 1. The highest BCUT2D eigenvalue weighted by atomic mass is 32.2. The third kappa shape index (κ3) is 4.00. The van der Waals surface area contributed by atoms with Crippen molar-refractivity contribution in [2.45, 2.75) is 35.6 Å². The predicted octanol–water partition coefficient (Wildman–Crippen LogP) is 2.94. The molecule has 1 aliphatic rings. The van der Waals surface area contributed by atoms with Crippen molar-refractivity contribution in [1.29, 1.82) is 0 Å². The summed E-state index contributed by atoms with van der Waals surface area (Å²) in [5.74, 6) is 1.56. The van der Waals surface area contributed by atoms with Crippen LogP contribution in [0.3, 0.4) is 0 Å². The molecule has 1 aromatic heterocycles. The van der Waals surface area contributed by atoms with Crippen LogP contribution >= 0.6 is 23.5 Å². The molecule has 28 heavy (non-hydrogen) atoms. The Bertz CT molecular complexity index is 945. The lowest BCUT2D eigenvalue weighted by molar-refractivity contribution is -0.142. The van der Waals surface area contributed by atoms with Gasteiger partial charge in [0.15, 0.2) is 16.7 Å². The maximum atomic E-state index is 13.2. The van der Waals surface area contributed by atoms with Crippen LogP contribution < -0.4 is 15.0 Å². The quantitative estimate of drug-likeness (QED) is 0.383. The van der Waals surface area contributed by atoms with Crippen molar-refractivity contribution in [2.75, 3.05) is 26.6 Å². The Morgan fingerprint density at radius 1 is 1.32 bits per heavy atom. The normalized spacial score (nSPS) is 13.7. The zero-order chi connectivity index (χ0) is 20.3. The number of carbonyl (C=O) groups excluding carboxylic acids is 1. The fraction of sp³-hybridized carbons (Fsp3) is 0.421. The highest BCUT2D eigenvalue weighted by Gasteiger charge is 2.26. The highest BCUT2D eigenvalue weighted by molar-refractivity contribution is 8.00. The van der Waals surface area contributed by atoms with Crippen molar-refractivity contribution in [3.8, 4) is 17.2 Å². The number of thioether (sulfide) groups is 2. The largest absolute Gasteiger partial charge is 0.493 e. The van der Waals surface area contributed by atoms with Crippen LogP contribution in [0.1, 0.15) is 19.5 Å². The lowest BCUT2D eigenvalue weighted by atomic mass is 10.2. The number of benzene rings is 1. The van der Waals surface area contributed by atoms with E-state index in [4.69, 9.17) is 19.2 Å². The number of aromatic nitrogens is 2. The van der Waals surface area contributed by atoms with Gasteiger partial charge in [0.25, 0.3) is 5.56 Å². The van der Waals surface area contributed by atoms with Crippen LogP contribution in [0.25, 0.3) is 5.69 Å². The van der Waals surface area contributed by atoms with E-state index in [0.717, 1.165) is 17.9 Å². The fourth-order valence-corrected chi connectivity index (χ4v) is 4.79. The minimum Gasteiger partial charge on any atom is -0.493 e. The molecule has 1 unspecified atom stereocenters. The van der Waals surface area contributed by atoms with E-state index in [0.29, 0.717) is 33.8 Å². The van der Waals surface area contributed by atoms with Crippen LogP contribution in [0.4, 0.5) is 0 Å². The third-order valence-electron chi connectivity index (χ3n) is 4.19. The van der Waals surface area contributed by atoms with E-state index in [1.54, 1.807) is 46.3 Å². The van der Waals surface area contributed by atoms with Gasteiger partial charge in [0.1, 0.15) is 5.25 Å². The molecule has 0 bridgehead atoms. The lowest BCUT2D eigenvalue weighted by Gasteiger charge is -2.17. The molecule has 0 spiro atoms. The van der Waals surface area contributed by atoms with Gasteiger partial charge in [0.05, 0.1) is 37.1 Å². The summed E-state index contributed by atoms with van der Waals surface area (Å²) >= 11 is 2.72. The topological polar surface area (TPSA) is 79.7 Å². The molecule has 0 N–H and O–H groups in total. The number of hydrogen-bond donors (Lipinski definition) is 0.